The molecule has 0 unspecified atom stereocenters. The summed E-state index contributed by atoms with van der Waals surface area (Å²) in [4.78, 5) is 4.50. The van der Waals surface area contributed by atoms with Gasteiger partial charge in [-0.15, -0.1) is 0 Å². The molecular formula is C14H18BrN3. The number of benzene rings is 1. The number of halogens is 1. The molecule has 18 heavy (non-hydrogen) atoms. The van der Waals surface area contributed by atoms with Crippen molar-refractivity contribution >= 4 is 21.9 Å². The first-order chi connectivity index (χ1) is 8.69. The highest BCUT2D eigenvalue weighted by Gasteiger charge is 2.05. The topological polar surface area (TPSA) is 29.9 Å². The fraction of sp³-hybridized carbons (Fsp3) is 0.357. The molecule has 3 nitrogen and oxygen atoms in total. The van der Waals surface area contributed by atoms with Crippen molar-refractivity contribution in [2.45, 2.75) is 26.8 Å². The zero-order chi connectivity index (χ0) is 13.0. The number of nitrogens with zero attached hydrogens (tertiary/aromatic N) is 2. The van der Waals surface area contributed by atoms with Gasteiger partial charge < -0.3 is 9.88 Å². The summed E-state index contributed by atoms with van der Waals surface area (Å²) in [5.41, 5.74) is 2.32. The van der Waals surface area contributed by atoms with Crippen LogP contribution in [0.15, 0.2) is 34.9 Å². The van der Waals surface area contributed by atoms with Crippen LogP contribution in [-0.2, 0) is 6.54 Å². The summed E-state index contributed by atoms with van der Waals surface area (Å²) in [5, 5.41) is 3.36. The highest BCUT2D eigenvalue weighted by atomic mass is 79.9. The minimum Gasteiger partial charge on any atom is -0.356 e. The van der Waals surface area contributed by atoms with E-state index in [0.717, 1.165) is 35.6 Å². The summed E-state index contributed by atoms with van der Waals surface area (Å²) in [6, 6.07) is 8.39. The fourth-order valence-corrected chi connectivity index (χ4v) is 2.10. The van der Waals surface area contributed by atoms with Gasteiger partial charge in [-0.2, -0.15) is 0 Å². The zero-order valence-corrected chi connectivity index (χ0v) is 12.4. The van der Waals surface area contributed by atoms with Crippen molar-refractivity contribution in [1.82, 2.24) is 9.55 Å². The molecule has 2 rings (SSSR count). The Morgan fingerprint density at radius 1 is 1.28 bits per heavy atom. The Morgan fingerprint density at radius 2 is 2.00 bits per heavy atom. The van der Waals surface area contributed by atoms with Gasteiger partial charge in [-0.25, -0.2) is 4.98 Å². The van der Waals surface area contributed by atoms with E-state index >= 15 is 0 Å². The quantitative estimate of drug-likeness (QED) is 0.910. The number of rotatable bonds is 5. The van der Waals surface area contributed by atoms with Crippen molar-refractivity contribution in [1.29, 1.82) is 0 Å². The lowest BCUT2D eigenvalue weighted by Crippen LogP contribution is -2.08. The largest absolute Gasteiger partial charge is 0.356 e. The van der Waals surface area contributed by atoms with E-state index in [1.54, 1.807) is 0 Å². The summed E-state index contributed by atoms with van der Waals surface area (Å²) in [6.07, 6.45) is 3.18. The lowest BCUT2D eigenvalue weighted by atomic mass is 10.2. The number of anilines is 1. The third kappa shape index (κ3) is 3.35. The molecule has 2 aromatic rings. The normalized spacial score (nSPS) is 10.6. The molecule has 1 N–H and O–H groups in total. The van der Waals surface area contributed by atoms with Gasteiger partial charge in [0.2, 0.25) is 5.95 Å². The van der Waals surface area contributed by atoms with E-state index < -0.39 is 0 Å². The van der Waals surface area contributed by atoms with Crippen LogP contribution in [0.3, 0.4) is 0 Å². The van der Waals surface area contributed by atoms with Crippen LogP contribution in [0.5, 0.6) is 0 Å². The molecule has 4 heteroatoms. The van der Waals surface area contributed by atoms with E-state index in [9.17, 15) is 0 Å². The van der Waals surface area contributed by atoms with E-state index in [1.165, 1.54) is 5.56 Å². The van der Waals surface area contributed by atoms with Gasteiger partial charge in [0.1, 0.15) is 0 Å². The molecule has 0 amide bonds. The van der Waals surface area contributed by atoms with Crippen LogP contribution >= 0.6 is 15.9 Å². The Balaban J connectivity index is 2.14. The molecule has 0 spiro atoms. The number of hydrogen-bond acceptors (Lipinski definition) is 2. The number of hydrogen-bond donors (Lipinski definition) is 1. The summed E-state index contributed by atoms with van der Waals surface area (Å²) in [6.45, 7) is 5.98. The Kier molecular flexibility index (Phi) is 4.42. The van der Waals surface area contributed by atoms with Crippen molar-refractivity contribution in [3.63, 3.8) is 0 Å². The van der Waals surface area contributed by atoms with Gasteiger partial charge in [0.25, 0.3) is 0 Å². The molecule has 0 fully saturated rings. The van der Waals surface area contributed by atoms with Gasteiger partial charge in [0.05, 0.1) is 12.2 Å². The molecular weight excluding hydrogens is 290 g/mol. The van der Waals surface area contributed by atoms with Crippen molar-refractivity contribution in [3.05, 3.63) is 46.2 Å². The molecule has 1 aromatic carbocycles. The molecule has 0 saturated heterocycles. The Hall–Kier alpha value is -1.29. The first-order valence-corrected chi connectivity index (χ1v) is 7.00. The summed E-state index contributed by atoms with van der Waals surface area (Å²) in [7, 11) is 0. The molecule has 0 aliphatic rings. The highest BCUT2D eigenvalue weighted by Crippen LogP contribution is 2.15. The van der Waals surface area contributed by atoms with E-state index in [4.69, 9.17) is 0 Å². The van der Waals surface area contributed by atoms with Crippen LogP contribution in [0, 0.1) is 6.92 Å². The molecule has 0 aliphatic carbocycles. The first kappa shape index (κ1) is 13.1. The van der Waals surface area contributed by atoms with E-state index in [1.807, 2.05) is 6.92 Å². The van der Waals surface area contributed by atoms with Gasteiger partial charge in [0, 0.05) is 17.2 Å². The van der Waals surface area contributed by atoms with Crippen LogP contribution < -0.4 is 5.32 Å². The maximum absolute atomic E-state index is 4.50. The van der Waals surface area contributed by atoms with Crippen molar-refractivity contribution in [2.24, 2.45) is 0 Å². The van der Waals surface area contributed by atoms with E-state index in [0.29, 0.717) is 0 Å². The fourth-order valence-electron chi connectivity index (χ4n) is 1.83. The Morgan fingerprint density at radius 3 is 2.67 bits per heavy atom. The summed E-state index contributed by atoms with van der Waals surface area (Å²) < 4.78 is 3.27. The predicted octanol–water partition coefficient (Wildman–Crippen LogP) is 3.82. The average Bonchev–Trinajstić information content (AvgIpc) is 2.70. The van der Waals surface area contributed by atoms with Crippen LogP contribution in [0.4, 0.5) is 5.95 Å². The van der Waals surface area contributed by atoms with Crippen molar-refractivity contribution < 1.29 is 0 Å². The van der Waals surface area contributed by atoms with Gasteiger partial charge >= 0.3 is 0 Å². The molecule has 0 saturated carbocycles. The molecule has 1 heterocycles. The summed E-state index contributed by atoms with van der Waals surface area (Å²) >= 11 is 3.45. The third-order valence-electron chi connectivity index (χ3n) is 2.70. The minimum absolute atomic E-state index is 0.847. The first-order valence-electron chi connectivity index (χ1n) is 6.21. The molecule has 0 aliphatic heterocycles. The summed E-state index contributed by atoms with van der Waals surface area (Å²) in [5.74, 6) is 0.956. The van der Waals surface area contributed by atoms with Gasteiger partial charge in [-0.3, -0.25) is 0 Å². The minimum atomic E-state index is 0.847. The van der Waals surface area contributed by atoms with Gasteiger partial charge in [0.15, 0.2) is 0 Å². The Bertz CT molecular complexity index is 502. The average molecular weight is 308 g/mol. The van der Waals surface area contributed by atoms with E-state index in [2.05, 4.69) is 68.2 Å². The number of aromatic nitrogens is 2. The maximum atomic E-state index is 4.50. The van der Waals surface area contributed by atoms with Gasteiger partial charge in [-0.1, -0.05) is 35.0 Å². The molecule has 0 atom stereocenters. The standard InChI is InChI=1S/C14H18BrN3/c1-3-8-16-14-17-11(2)9-18(14)10-12-4-6-13(15)7-5-12/h4-7,9H,3,8,10H2,1-2H3,(H,16,17). The number of imidazole rings is 1. The second-order valence-electron chi connectivity index (χ2n) is 4.39. The van der Waals surface area contributed by atoms with Crippen LogP contribution in [-0.4, -0.2) is 16.1 Å². The van der Waals surface area contributed by atoms with Crippen molar-refractivity contribution in [2.75, 3.05) is 11.9 Å². The van der Waals surface area contributed by atoms with Crippen LogP contribution in [0.1, 0.15) is 24.6 Å². The van der Waals surface area contributed by atoms with Gasteiger partial charge in [-0.05, 0) is 31.0 Å². The molecule has 0 radical (unpaired) electrons. The number of aryl methyl sites for hydroxylation is 1. The van der Waals surface area contributed by atoms with E-state index in [-0.39, 0.29) is 0 Å². The zero-order valence-electron chi connectivity index (χ0n) is 10.8. The second kappa shape index (κ2) is 6.05. The maximum Gasteiger partial charge on any atom is 0.203 e. The lowest BCUT2D eigenvalue weighted by Gasteiger charge is -2.09. The van der Waals surface area contributed by atoms with Crippen LogP contribution in [0.2, 0.25) is 0 Å². The highest BCUT2D eigenvalue weighted by molar-refractivity contribution is 9.10. The predicted molar refractivity (Wildman–Crippen MR) is 79.0 cm³/mol. The third-order valence-corrected chi connectivity index (χ3v) is 3.22. The molecule has 1 aromatic heterocycles. The van der Waals surface area contributed by atoms with Crippen LogP contribution in [0.25, 0.3) is 0 Å². The van der Waals surface area contributed by atoms with Crippen molar-refractivity contribution in [3.8, 4) is 0 Å². The Labute approximate surface area is 116 Å². The monoisotopic (exact) mass is 307 g/mol. The number of nitrogens with one attached hydrogen (secondary N) is 1. The molecule has 96 valence electrons. The smallest absolute Gasteiger partial charge is 0.203 e. The SMILES string of the molecule is CCCNc1nc(C)cn1Cc1ccc(Br)cc1. The lowest BCUT2D eigenvalue weighted by molar-refractivity contribution is 0.792. The second-order valence-corrected chi connectivity index (χ2v) is 5.30. The molecule has 0 bridgehead atoms.